The van der Waals surface area contributed by atoms with Crippen molar-refractivity contribution in [3.8, 4) is 11.1 Å². The van der Waals surface area contributed by atoms with Gasteiger partial charge in [-0.3, -0.25) is 0 Å². The summed E-state index contributed by atoms with van der Waals surface area (Å²) in [6.45, 7) is 11.6. The summed E-state index contributed by atoms with van der Waals surface area (Å²) in [5.74, 6) is 0. The van der Waals surface area contributed by atoms with Crippen molar-refractivity contribution in [1.29, 1.82) is 0 Å². The van der Waals surface area contributed by atoms with Gasteiger partial charge in [0.05, 0.1) is 5.52 Å². The minimum absolute atomic E-state index is 0.0310. The Labute approximate surface area is 155 Å². The van der Waals surface area contributed by atoms with Gasteiger partial charge < -0.3 is 4.57 Å². The third kappa shape index (κ3) is 1.81. The van der Waals surface area contributed by atoms with Crippen LogP contribution in [-0.2, 0) is 11.0 Å². The highest BCUT2D eigenvalue weighted by molar-refractivity contribution is 6.17. The van der Waals surface area contributed by atoms with E-state index in [4.69, 9.17) is 0 Å². The lowest BCUT2D eigenvalue weighted by molar-refractivity contribution is 0.423. The summed E-state index contributed by atoms with van der Waals surface area (Å²) < 4.78 is 2.51. The lowest BCUT2D eigenvalue weighted by Crippen LogP contribution is -2.21. The van der Waals surface area contributed by atoms with Gasteiger partial charge in [-0.2, -0.15) is 0 Å². The standard InChI is InChI=1S/C25H25N/c1-24(2,3)26-20-13-9-7-11-17(20)23-21(26)15-14-19-22(23)16-10-6-8-12-18(16)25(19,4)5/h6-15H,1-5H3. The minimum Gasteiger partial charge on any atom is -0.335 e. The van der Waals surface area contributed by atoms with Gasteiger partial charge in [-0.15, -0.1) is 0 Å². The highest BCUT2D eigenvalue weighted by atomic mass is 15.0. The fourth-order valence-corrected chi connectivity index (χ4v) is 4.97. The average molecular weight is 339 g/mol. The van der Waals surface area contributed by atoms with Crippen molar-refractivity contribution in [2.24, 2.45) is 0 Å². The maximum absolute atomic E-state index is 2.51. The monoisotopic (exact) mass is 339 g/mol. The van der Waals surface area contributed by atoms with Crippen LogP contribution in [0.5, 0.6) is 0 Å². The largest absolute Gasteiger partial charge is 0.335 e. The first-order chi connectivity index (χ1) is 12.3. The third-order valence-corrected chi connectivity index (χ3v) is 6.05. The number of hydrogen-bond donors (Lipinski definition) is 0. The molecular formula is C25H25N. The molecule has 0 saturated heterocycles. The zero-order valence-corrected chi connectivity index (χ0v) is 16.2. The van der Waals surface area contributed by atoms with Gasteiger partial charge in [-0.25, -0.2) is 0 Å². The molecule has 1 aliphatic carbocycles. The lowest BCUT2D eigenvalue weighted by Gasteiger charge is -2.25. The van der Waals surface area contributed by atoms with Crippen molar-refractivity contribution in [3.05, 3.63) is 71.8 Å². The molecule has 0 N–H and O–H groups in total. The van der Waals surface area contributed by atoms with Crippen LogP contribution in [0, 0.1) is 0 Å². The first kappa shape index (κ1) is 15.7. The average Bonchev–Trinajstić information content (AvgIpc) is 3.05. The van der Waals surface area contributed by atoms with Crippen LogP contribution in [0.2, 0.25) is 0 Å². The zero-order chi connectivity index (χ0) is 18.3. The van der Waals surface area contributed by atoms with E-state index in [2.05, 4.69) is 99.8 Å². The number of nitrogens with zero attached hydrogens (tertiary/aromatic N) is 1. The maximum Gasteiger partial charge on any atom is 0.0502 e. The molecule has 0 amide bonds. The van der Waals surface area contributed by atoms with Crippen LogP contribution in [0.25, 0.3) is 32.9 Å². The summed E-state index contributed by atoms with van der Waals surface area (Å²) in [6, 6.07) is 22.5. The fourth-order valence-electron chi connectivity index (χ4n) is 4.97. The molecule has 1 heterocycles. The molecule has 130 valence electrons. The van der Waals surface area contributed by atoms with E-state index in [9.17, 15) is 0 Å². The third-order valence-electron chi connectivity index (χ3n) is 6.05. The van der Waals surface area contributed by atoms with Crippen molar-refractivity contribution in [3.63, 3.8) is 0 Å². The molecule has 1 nitrogen and oxygen atoms in total. The highest BCUT2D eigenvalue weighted by Crippen LogP contribution is 2.53. The van der Waals surface area contributed by atoms with Crippen LogP contribution in [0.1, 0.15) is 45.7 Å². The van der Waals surface area contributed by atoms with Crippen LogP contribution in [-0.4, -0.2) is 4.57 Å². The van der Waals surface area contributed by atoms with E-state index < -0.39 is 0 Å². The second kappa shape index (κ2) is 4.79. The molecular weight excluding hydrogens is 314 g/mol. The molecule has 0 aliphatic heterocycles. The molecule has 0 radical (unpaired) electrons. The summed E-state index contributed by atoms with van der Waals surface area (Å²) in [6.07, 6.45) is 0. The molecule has 4 aromatic rings. The molecule has 0 atom stereocenters. The van der Waals surface area contributed by atoms with Gasteiger partial charge in [-0.1, -0.05) is 62.4 Å². The molecule has 1 aromatic heterocycles. The Hall–Kier alpha value is -2.54. The predicted molar refractivity (Wildman–Crippen MR) is 112 cm³/mol. The van der Waals surface area contributed by atoms with Crippen molar-refractivity contribution < 1.29 is 0 Å². The normalized spacial score (nSPS) is 15.4. The molecule has 0 saturated carbocycles. The highest BCUT2D eigenvalue weighted by Gasteiger charge is 2.37. The number of hydrogen-bond acceptors (Lipinski definition) is 0. The van der Waals surface area contributed by atoms with Gasteiger partial charge >= 0.3 is 0 Å². The summed E-state index contributed by atoms with van der Waals surface area (Å²) in [5, 5.41) is 2.77. The first-order valence-corrected chi connectivity index (χ1v) is 9.49. The Morgan fingerprint density at radius 3 is 2.19 bits per heavy atom. The lowest BCUT2D eigenvalue weighted by atomic mass is 9.82. The minimum atomic E-state index is 0.0310. The Balaban J connectivity index is 2.06. The first-order valence-electron chi connectivity index (χ1n) is 9.49. The maximum atomic E-state index is 2.51. The van der Waals surface area contributed by atoms with Crippen molar-refractivity contribution in [1.82, 2.24) is 4.57 Å². The molecule has 3 aromatic carbocycles. The van der Waals surface area contributed by atoms with Crippen molar-refractivity contribution in [2.45, 2.75) is 45.6 Å². The topological polar surface area (TPSA) is 4.93 Å². The van der Waals surface area contributed by atoms with E-state index in [1.165, 1.54) is 44.1 Å². The van der Waals surface area contributed by atoms with E-state index in [-0.39, 0.29) is 11.0 Å². The quantitative estimate of drug-likeness (QED) is 0.330. The Kier molecular flexibility index (Phi) is 2.89. The van der Waals surface area contributed by atoms with Crippen LogP contribution in [0.3, 0.4) is 0 Å². The second-order valence-corrected chi connectivity index (χ2v) is 9.08. The van der Waals surface area contributed by atoms with Gasteiger partial charge in [0.25, 0.3) is 0 Å². The molecule has 1 aliphatic rings. The van der Waals surface area contributed by atoms with E-state index >= 15 is 0 Å². The predicted octanol–water partition coefficient (Wildman–Crippen LogP) is 6.86. The van der Waals surface area contributed by atoms with Crippen molar-refractivity contribution >= 4 is 21.8 Å². The molecule has 26 heavy (non-hydrogen) atoms. The molecule has 0 bridgehead atoms. The van der Waals surface area contributed by atoms with Gasteiger partial charge in [0, 0.05) is 27.2 Å². The van der Waals surface area contributed by atoms with Gasteiger partial charge in [0.2, 0.25) is 0 Å². The summed E-state index contributed by atoms with van der Waals surface area (Å²) in [4.78, 5) is 0. The molecule has 0 fully saturated rings. The summed E-state index contributed by atoms with van der Waals surface area (Å²) in [7, 11) is 0. The van der Waals surface area contributed by atoms with Crippen LogP contribution < -0.4 is 0 Å². The molecule has 5 rings (SSSR count). The van der Waals surface area contributed by atoms with E-state index in [0.29, 0.717) is 0 Å². The second-order valence-electron chi connectivity index (χ2n) is 9.08. The van der Waals surface area contributed by atoms with Crippen LogP contribution >= 0.6 is 0 Å². The number of para-hydroxylation sites is 1. The number of benzene rings is 3. The van der Waals surface area contributed by atoms with Crippen LogP contribution in [0.15, 0.2) is 60.7 Å². The Morgan fingerprint density at radius 2 is 1.42 bits per heavy atom. The molecule has 0 unspecified atom stereocenters. The Bertz CT molecular complexity index is 1180. The molecule has 0 spiro atoms. The zero-order valence-electron chi connectivity index (χ0n) is 16.2. The van der Waals surface area contributed by atoms with E-state index in [0.717, 1.165) is 0 Å². The van der Waals surface area contributed by atoms with Gasteiger partial charge in [0.15, 0.2) is 0 Å². The fraction of sp³-hybridized carbons (Fsp3) is 0.280. The van der Waals surface area contributed by atoms with Gasteiger partial charge in [-0.05, 0) is 55.2 Å². The number of fused-ring (bicyclic) bond motifs is 7. The smallest absolute Gasteiger partial charge is 0.0502 e. The number of rotatable bonds is 0. The SMILES string of the molecule is CC1(C)c2ccccc2-c2c1ccc1c2c2ccccc2n1C(C)(C)C. The van der Waals surface area contributed by atoms with E-state index in [1.54, 1.807) is 0 Å². The van der Waals surface area contributed by atoms with Crippen molar-refractivity contribution in [2.75, 3.05) is 0 Å². The van der Waals surface area contributed by atoms with Gasteiger partial charge in [0.1, 0.15) is 0 Å². The van der Waals surface area contributed by atoms with Crippen LogP contribution in [0.4, 0.5) is 0 Å². The Morgan fingerprint density at radius 1 is 0.731 bits per heavy atom. The summed E-state index contributed by atoms with van der Waals surface area (Å²) in [5.41, 5.74) is 8.46. The summed E-state index contributed by atoms with van der Waals surface area (Å²) >= 11 is 0. The molecule has 1 heteroatoms. The van der Waals surface area contributed by atoms with E-state index in [1.807, 2.05) is 0 Å². The number of aromatic nitrogens is 1.